The maximum atomic E-state index is 6.28. The highest BCUT2D eigenvalue weighted by molar-refractivity contribution is 6.37. The minimum Gasteiger partial charge on any atom is -0.369 e. The van der Waals surface area contributed by atoms with Crippen molar-refractivity contribution in [2.75, 3.05) is 49.5 Å². The molecular weight excluding hydrogens is 283 g/mol. The van der Waals surface area contributed by atoms with Gasteiger partial charge in [0.2, 0.25) is 0 Å². The van der Waals surface area contributed by atoms with E-state index >= 15 is 0 Å². The zero-order valence-corrected chi connectivity index (χ0v) is 12.9. The smallest absolute Gasteiger partial charge is 0.150 e. The molecule has 1 saturated heterocycles. The van der Waals surface area contributed by atoms with Crippen LogP contribution in [0.2, 0.25) is 10.0 Å². The molecule has 2 rings (SSSR count). The van der Waals surface area contributed by atoms with Crippen molar-refractivity contribution in [3.8, 4) is 0 Å². The van der Waals surface area contributed by atoms with Crippen LogP contribution < -0.4 is 10.2 Å². The Bertz CT molecular complexity index is 431. The Labute approximate surface area is 124 Å². The highest BCUT2D eigenvalue weighted by Gasteiger charge is 2.20. The van der Waals surface area contributed by atoms with Crippen LogP contribution in [0.4, 0.5) is 11.6 Å². The van der Waals surface area contributed by atoms with Crippen molar-refractivity contribution in [2.24, 2.45) is 0 Å². The number of anilines is 2. The summed E-state index contributed by atoms with van der Waals surface area (Å²) in [6.45, 7) is 10.1. The highest BCUT2D eigenvalue weighted by atomic mass is 35.5. The molecule has 6 heteroatoms. The fourth-order valence-corrected chi connectivity index (χ4v) is 2.79. The van der Waals surface area contributed by atoms with E-state index in [1.165, 1.54) is 0 Å². The molecule has 1 aromatic rings. The fraction of sp³-hybridized carbons (Fsp3) is 0.615. The average Bonchev–Trinajstić information content (AvgIpc) is 2.42. The van der Waals surface area contributed by atoms with Crippen molar-refractivity contribution >= 4 is 34.8 Å². The number of hydrogen-bond acceptors (Lipinski definition) is 4. The van der Waals surface area contributed by atoms with Crippen LogP contribution in [-0.2, 0) is 0 Å². The Morgan fingerprint density at radius 1 is 1.16 bits per heavy atom. The van der Waals surface area contributed by atoms with E-state index in [2.05, 4.69) is 27.0 Å². The lowest BCUT2D eigenvalue weighted by Gasteiger charge is -2.35. The second-order valence-corrected chi connectivity index (χ2v) is 5.39. The van der Waals surface area contributed by atoms with Crippen LogP contribution in [-0.4, -0.2) is 49.2 Å². The molecule has 1 fully saturated rings. The Hall–Kier alpha value is -0.710. The van der Waals surface area contributed by atoms with Gasteiger partial charge >= 0.3 is 0 Å². The van der Waals surface area contributed by atoms with Crippen LogP contribution in [0, 0.1) is 0 Å². The van der Waals surface area contributed by atoms with Crippen LogP contribution >= 0.6 is 23.2 Å². The number of pyridine rings is 1. The van der Waals surface area contributed by atoms with Gasteiger partial charge in [-0.25, -0.2) is 4.98 Å². The lowest BCUT2D eigenvalue weighted by Crippen LogP contribution is -2.46. The fourth-order valence-electron chi connectivity index (χ4n) is 2.25. The average molecular weight is 303 g/mol. The zero-order chi connectivity index (χ0) is 13.8. The molecule has 0 amide bonds. The van der Waals surface area contributed by atoms with Crippen molar-refractivity contribution in [1.29, 1.82) is 0 Å². The number of likely N-dealkylation sites (N-methyl/N-ethyl adjacent to an activating group) is 1. The molecule has 0 bridgehead atoms. The Morgan fingerprint density at radius 3 is 2.42 bits per heavy atom. The molecule has 1 N–H and O–H groups in total. The molecule has 0 saturated carbocycles. The Balaban J connectivity index is 2.17. The van der Waals surface area contributed by atoms with Gasteiger partial charge < -0.3 is 15.1 Å². The first-order valence-corrected chi connectivity index (χ1v) is 7.48. The first kappa shape index (κ1) is 14.7. The van der Waals surface area contributed by atoms with Gasteiger partial charge in [-0.2, -0.15) is 0 Å². The maximum Gasteiger partial charge on any atom is 0.150 e. The number of nitrogens with zero attached hydrogens (tertiary/aromatic N) is 3. The first-order chi connectivity index (χ1) is 9.15. The van der Waals surface area contributed by atoms with Crippen molar-refractivity contribution in [3.05, 3.63) is 16.1 Å². The van der Waals surface area contributed by atoms with Gasteiger partial charge in [0.1, 0.15) is 11.6 Å². The molecule has 1 aliphatic heterocycles. The van der Waals surface area contributed by atoms with Gasteiger partial charge in [0.05, 0.1) is 10.0 Å². The van der Waals surface area contributed by atoms with Crippen LogP contribution in [0.5, 0.6) is 0 Å². The number of piperazine rings is 1. The molecule has 1 aromatic heterocycles. The normalized spacial score (nSPS) is 16.7. The van der Waals surface area contributed by atoms with E-state index in [0.717, 1.165) is 45.1 Å². The van der Waals surface area contributed by atoms with Crippen LogP contribution in [0.3, 0.4) is 0 Å². The van der Waals surface area contributed by atoms with Gasteiger partial charge in [0, 0.05) is 32.7 Å². The number of aromatic nitrogens is 1. The number of halogens is 2. The third-order valence-corrected chi connectivity index (χ3v) is 3.94. The van der Waals surface area contributed by atoms with Gasteiger partial charge in [-0.05, 0) is 19.5 Å². The quantitative estimate of drug-likeness (QED) is 0.926. The van der Waals surface area contributed by atoms with E-state index in [4.69, 9.17) is 23.2 Å². The SMILES string of the molecule is CCNc1nc(N2CCN(CC)CC2)c(Cl)cc1Cl. The highest BCUT2D eigenvalue weighted by Crippen LogP contribution is 2.31. The summed E-state index contributed by atoms with van der Waals surface area (Å²) in [4.78, 5) is 9.22. The van der Waals surface area contributed by atoms with Crippen LogP contribution in [0.15, 0.2) is 6.07 Å². The van der Waals surface area contributed by atoms with Crippen molar-refractivity contribution in [1.82, 2.24) is 9.88 Å². The molecule has 0 aliphatic carbocycles. The van der Waals surface area contributed by atoms with E-state index < -0.39 is 0 Å². The monoisotopic (exact) mass is 302 g/mol. The molecule has 2 heterocycles. The number of rotatable bonds is 4. The summed E-state index contributed by atoms with van der Waals surface area (Å²) in [5.41, 5.74) is 0. The molecule has 1 aliphatic rings. The minimum atomic E-state index is 0.572. The lowest BCUT2D eigenvalue weighted by molar-refractivity contribution is 0.270. The second kappa shape index (κ2) is 6.64. The predicted octanol–water partition coefficient (Wildman–Crippen LogP) is 2.96. The topological polar surface area (TPSA) is 31.4 Å². The Morgan fingerprint density at radius 2 is 1.84 bits per heavy atom. The van der Waals surface area contributed by atoms with Crippen LogP contribution in [0.1, 0.15) is 13.8 Å². The molecular formula is C13H20Cl2N4. The molecule has 4 nitrogen and oxygen atoms in total. The van der Waals surface area contributed by atoms with Crippen molar-refractivity contribution in [2.45, 2.75) is 13.8 Å². The molecule has 0 unspecified atom stereocenters. The van der Waals surface area contributed by atoms with Crippen LogP contribution in [0.25, 0.3) is 0 Å². The summed E-state index contributed by atoms with van der Waals surface area (Å²) < 4.78 is 0. The standard InChI is InChI=1S/C13H20Cl2N4/c1-3-16-12-10(14)9-11(15)13(17-12)19-7-5-18(4-2)6-8-19/h9H,3-8H2,1-2H3,(H,16,17). The third kappa shape index (κ3) is 3.44. The Kier molecular flexibility index (Phi) is 5.13. The van der Waals surface area contributed by atoms with E-state index in [1.807, 2.05) is 6.92 Å². The minimum absolute atomic E-state index is 0.572. The van der Waals surface area contributed by atoms with Crippen molar-refractivity contribution < 1.29 is 0 Å². The zero-order valence-electron chi connectivity index (χ0n) is 11.4. The summed E-state index contributed by atoms with van der Waals surface area (Å²) in [5.74, 6) is 1.54. The largest absolute Gasteiger partial charge is 0.369 e. The van der Waals surface area contributed by atoms with Gasteiger partial charge in [-0.3, -0.25) is 0 Å². The summed E-state index contributed by atoms with van der Waals surface area (Å²) in [7, 11) is 0. The van der Waals surface area contributed by atoms with Gasteiger partial charge in [-0.1, -0.05) is 30.1 Å². The number of hydrogen-bond donors (Lipinski definition) is 1. The molecule has 19 heavy (non-hydrogen) atoms. The molecule has 0 atom stereocenters. The lowest BCUT2D eigenvalue weighted by atomic mass is 10.3. The van der Waals surface area contributed by atoms with Crippen molar-refractivity contribution in [3.63, 3.8) is 0 Å². The summed E-state index contributed by atoms with van der Waals surface area (Å²) in [5, 5.41) is 4.36. The van der Waals surface area contributed by atoms with E-state index in [-0.39, 0.29) is 0 Å². The number of nitrogens with one attached hydrogen (secondary N) is 1. The summed E-state index contributed by atoms with van der Waals surface area (Å²) >= 11 is 12.4. The second-order valence-electron chi connectivity index (χ2n) is 4.58. The third-order valence-electron chi connectivity index (χ3n) is 3.37. The maximum absolute atomic E-state index is 6.28. The van der Waals surface area contributed by atoms with E-state index in [9.17, 15) is 0 Å². The molecule has 0 spiro atoms. The van der Waals surface area contributed by atoms with Gasteiger partial charge in [0.15, 0.2) is 0 Å². The van der Waals surface area contributed by atoms with Gasteiger partial charge in [0.25, 0.3) is 0 Å². The summed E-state index contributed by atoms with van der Waals surface area (Å²) in [6, 6.07) is 1.77. The molecule has 106 valence electrons. The van der Waals surface area contributed by atoms with Gasteiger partial charge in [-0.15, -0.1) is 0 Å². The van der Waals surface area contributed by atoms with E-state index in [0.29, 0.717) is 15.9 Å². The molecule has 0 radical (unpaired) electrons. The first-order valence-electron chi connectivity index (χ1n) is 6.73. The summed E-state index contributed by atoms with van der Waals surface area (Å²) in [6.07, 6.45) is 0. The predicted molar refractivity (Wildman–Crippen MR) is 82.7 cm³/mol. The molecule has 0 aromatic carbocycles. The van der Waals surface area contributed by atoms with E-state index in [1.54, 1.807) is 6.07 Å².